The molecule has 34 heavy (non-hydrogen) atoms. The van der Waals surface area contributed by atoms with Crippen LogP contribution in [-0.2, 0) is 23.9 Å². The number of aryl methyl sites for hydroxylation is 1. The molecule has 1 aliphatic carbocycles. The van der Waals surface area contributed by atoms with E-state index in [0.717, 1.165) is 17.7 Å². The molecule has 6 nitrogen and oxygen atoms in total. The predicted octanol–water partition coefficient (Wildman–Crippen LogP) is 5.04. The summed E-state index contributed by atoms with van der Waals surface area (Å²) in [5.74, 6) is -1.41. The zero-order valence-corrected chi connectivity index (χ0v) is 18.7. The highest BCUT2D eigenvalue weighted by atomic mass is 19.4. The molecule has 2 aromatic heterocycles. The number of aliphatic carboxylic acids is 1. The Hall–Kier alpha value is -3.36. The summed E-state index contributed by atoms with van der Waals surface area (Å²) in [4.78, 5) is 28.9. The summed E-state index contributed by atoms with van der Waals surface area (Å²) in [7, 11) is 0. The van der Waals surface area contributed by atoms with E-state index in [9.17, 15) is 27.9 Å². The quantitative estimate of drug-likeness (QED) is 0.526. The molecular formula is C25H26F3N3O3. The van der Waals surface area contributed by atoms with Crippen LogP contribution in [0.25, 0.3) is 11.0 Å². The number of nitrogens with zero attached hydrogens (tertiary/aromatic N) is 2. The third kappa shape index (κ3) is 4.93. The molecule has 0 bridgehead atoms. The van der Waals surface area contributed by atoms with Gasteiger partial charge in [0.25, 0.3) is 5.91 Å². The second kappa shape index (κ2) is 9.48. The molecule has 2 N–H and O–H groups in total. The van der Waals surface area contributed by atoms with Gasteiger partial charge >= 0.3 is 12.1 Å². The number of rotatable bonds is 6. The molecule has 0 saturated heterocycles. The molecular weight excluding hydrogens is 447 g/mol. The molecule has 4 rings (SSSR count). The summed E-state index contributed by atoms with van der Waals surface area (Å²) >= 11 is 0. The number of benzene rings is 1. The van der Waals surface area contributed by atoms with Gasteiger partial charge in [0, 0.05) is 30.4 Å². The smallest absolute Gasteiger partial charge is 0.416 e. The monoisotopic (exact) mass is 473 g/mol. The Morgan fingerprint density at radius 2 is 1.79 bits per heavy atom. The molecule has 9 heteroatoms. The van der Waals surface area contributed by atoms with Gasteiger partial charge in [-0.3, -0.25) is 9.59 Å². The van der Waals surface area contributed by atoms with E-state index in [4.69, 9.17) is 0 Å². The van der Waals surface area contributed by atoms with Crippen molar-refractivity contribution in [3.63, 3.8) is 0 Å². The third-order valence-corrected chi connectivity index (χ3v) is 6.52. The number of carboxylic acid groups (broad SMARTS) is 1. The van der Waals surface area contributed by atoms with E-state index in [0.29, 0.717) is 60.8 Å². The highest BCUT2D eigenvalue weighted by molar-refractivity contribution is 6.07. The standard InChI is InChI=1S/C25H26F3N3O3/c1-2-31-14-20(23(32)30-19-9-5-16(6-10-19)24(33)34)21-17(11-12-29-22(21)31)13-15-3-7-18(8-4-15)25(26,27)28/h3-4,7-8,11-12,14,16,19H,2,5-6,9-10,13H2,1H3,(H,30,32)(H,33,34)/t16-,19+. The molecule has 3 aromatic rings. The fraction of sp³-hybridized carbons (Fsp3) is 0.400. The predicted molar refractivity (Wildman–Crippen MR) is 121 cm³/mol. The first-order valence-electron chi connectivity index (χ1n) is 11.3. The molecule has 1 saturated carbocycles. The number of pyridine rings is 1. The number of alkyl halides is 3. The minimum Gasteiger partial charge on any atom is -0.481 e. The van der Waals surface area contributed by atoms with E-state index >= 15 is 0 Å². The van der Waals surface area contributed by atoms with Crippen molar-refractivity contribution in [3.05, 3.63) is 65.0 Å². The first kappa shape index (κ1) is 23.8. The summed E-state index contributed by atoms with van der Waals surface area (Å²) in [6.07, 6.45) is 1.62. The van der Waals surface area contributed by atoms with E-state index in [1.54, 1.807) is 18.5 Å². The van der Waals surface area contributed by atoms with Crippen LogP contribution in [0.3, 0.4) is 0 Å². The Balaban J connectivity index is 1.60. The summed E-state index contributed by atoms with van der Waals surface area (Å²) in [6, 6.07) is 6.71. The molecule has 0 atom stereocenters. The second-order valence-electron chi connectivity index (χ2n) is 8.73. The molecule has 1 aliphatic rings. The molecule has 180 valence electrons. The molecule has 2 heterocycles. The number of carbonyl (C=O) groups is 2. The van der Waals surface area contributed by atoms with Crippen molar-refractivity contribution in [2.24, 2.45) is 5.92 Å². The number of halogens is 3. The maximum absolute atomic E-state index is 13.2. The van der Waals surface area contributed by atoms with Crippen LogP contribution in [0.1, 0.15) is 59.7 Å². The van der Waals surface area contributed by atoms with Crippen molar-refractivity contribution >= 4 is 22.9 Å². The van der Waals surface area contributed by atoms with Gasteiger partial charge in [-0.1, -0.05) is 12.1 Å². The summed E-state index contributed by atoms with van der Waals surface area (Å²) in [5.41, 5.74) is 1.91. The lowest BCUT2D eigenvalue weighted by Crippen LogP contribution is -2.38. The SMILES string of the molecule is CCn1cc(C(=O)N[C@H]2CC[C@@H](C(=O)O)CC2)c2c(Cc3ccc(C(F)(F)F)cc3)ccnc21. The van der Waals surface area contributed by atoms with Crippen LogP contribution in [0.5, 0.6) is 0 Å². The van der Waals surface area contributed by atoms with Crippen molar-refractivity contribution in [2.45, 2.75) is 57.8 Å². The molecule has 1 fully saturated rings. The lowest BCUT2D eigenvalue weighted by Gasteiger charge is -2.26. The van der Waals surface area contributed by atoms with Crippen LogP contribution in [-0.4, -0.2) is 32.6 Å². The Kier molecular flexibility index (Phi) is 6.63. The fourth-order valence-electron chi connectivity index (χ4n) is 4.62. The zero-order chi connectivity index (χ0) is 24.5. The van der Waals surface area contributed by atoms with E-state index in [1.807, 2.05) is 11.5 Å². The van der Waals surface area contributed by atoms with Crippen molar-refractivity contribution in [1.82, 2.24) is 14.9 Å². The number of aromatic nitrogens is 2. The maximum atomic E-state index is 13.2. The van der Waals surface area contributed by atoms with Gasteiger partial charge in [0.15, 0.2) is 0 Å². The van der Waals surface area contributed by atoms with Gasteiger partial charge < -0.3 is 15.0 Å². The highest BCUT2D eigenvalue weighted by Gasteiger charge is 2.30. The van der Waals surface area contributed by atoms with Crippen LogP contribution < -0.4 is 5.32 Å². The largest absolute Gasteiger partial charge is 0.481 e. The van der Waals surface area contributed by atoms with E-state index in [-0.39, 0.29) is 17.9 Å². The number of carbonyl (C=O) groups excluding carboxylic acids is 1. The molecule has 1 aromatic carbocycles. The van der Waals surface area contributed by atoms with Crippen molar-refractivity contribution < 1.29 is 27.9 Å². The van der Waals surface area contributed by atoms with Gasteiger partial charge in [-0.25, -0.2) is 4.98 Å². The number of hydrogen-bond donors (Lipinski definition) is 2. The van der Waals surface area contributed by atoms with Crippen LogP contribution in [0, 0.1) is 5.92 Å². The number of nitrogens with one attached hydrogen (secondary N) is 1. The second-order valence-corrected chi connectivity index (χ2v) is 8.73. The van der Waals surface area contributed by atoms with Crippen molar-refractivity contribution in [1.29, 1.82) is 0 Å². The Morgan fingerprint density at radius 3 is 2.38 bits per heavy atom. The average molecular weight is 473 g/mol. The average Bonchev–Trinajstić information content (AvgIpc) is 3.19. The van der Waals surface area contributed by atoms with Gasteiger partial charge in [-0.15, -0.1) is 0 Å². The number of amides is 1. The number of carboxylic acids is 1. The summed E-state index contributed by atoms with van der Waals surface area (Å²) < 4.78 is 40.6. The van der Waals surface area contributed by atoms with Gasteiger partial charge in [0.1, 0.15) is 5.65 Å². The van der Waals surface area contributed by atoms with Gasteiger partial charge in [0.2, 0.25) is 0 Å². The van der Waals surface area contributed by atoms with Crippen LogP contribution in [0.2, 0.25) is 0 Å². The van der Waals surface area contributed by atoms with Crippen molar-refractivity contribution in [3.8, 4) is 0 Å². The minimum absolute atomic E-state index is 0.0989. The lowest BCUT2D eigenvalue weighted by atomic mass is 9.86. The molecule has 0 aliphatic heterocycles. The highest BCUT2D eigenvalue weighted by Crippen LogP contribution is 2.31. The molecule has 0 unspecified atom stereocenters. The van der Waals surface area contributed by atoms with E-state index in [1.165, 1.54) is 12.1 Å². The minimum atomic E-state index is -4.39. The molecule has 0 spiro atoms. The number of hydrogen-bond acceptors (Lipinski definition) is 3. The fourth-order valence-corrected chi connectivity index (χ4v) is 4.62. The molecule has 1 amide bonds. The first-order valence-corrected chi connectivity index (χ1v) is 11.3. The van der Waals surface area contributed by atoms with Crippen LogP contribution in [0.4, 0.5) is 13.2 Å². The van der Waals surface area contributed by atoms with Crippen LogP contribution in [0.15, 0.2) is 42.7 Å². The van der Waals surface area contributed by atoms with Crippen LogP contribution >= 0.6 is 0 Å². The molecule has 0 radical (unpaired) electrons. The Bertz CT molecular complexity index is 1190. The summed E-state index contributed by atoms with van der Waals surface area (Å²) in [6.45, 7) is 2.54. The van der Waals surface area contributed by atoms with Crippen molar-refractivity contribution in [2.75, 3.05) is 0 Å². The number of fused-ring (bicyclic) bond motifs is 1. The van der Waals surface area contributed by atoms with Gasteiger partial charge in [-0.2, -0.15) is 13.2 Å². The maximum Gasteiger partial charge on any atom is 0.416 e. The Morgan fingerprint density at radius 1 is 1.12 bits per heavy atom. The topological polar surface area (TPSA) is 84.2 Å². The Labute approximate surface area is 194 Å². The summed E-state index contributed by atoms with van der Waals surface area (Å²) in [5, 5.41) is 12.9. The zero-order valence-electron chi connectivity index (χ0n) is 18.7. The third-order valence-electron chi connectivity index (χ3n) is 6.52. The normalized spacial score (nSPS) is 18.7. The first-order chi connectivity index (χ1) is 16.2. The lowest BCUT2D eigenvalue weighted by molar-refractivity contribution is -0.143. The van der Waals surface area contributed by atoms with E-state index in [2.05, 4.69) is 10.3 Å². The van der Waals surface area contributed by atoms with Gasteiger partial charge in [-0.05, 0) is 68.4 Å². The van der Waals surface area contributed by atoms with Gasteiger partial charge in [0.05, 0.1) is 17.0 Å². The van der Waals surface area contributed by atoms with E-state index < -0.39 is 17.7 Å².